The van der Waals surface area contributed by atoms with E-state index in [4.69, 9.17) is 0 Å². The van der Waals surface area contributed by atoms with Crippen LogP contribution in [0.2, 0.25) is 0 Å². The first kappa shape index (κ1) is 18.6. The van der Waals surface area contributed by atoms with Crippen LogP contribution in [0.1, 0.15) is 25.8 Å². The maximum absolute atomic E-state index is 13.0. The first-order chi connectivity index (χ1) is 12.4. The minimum Gasteiger partial charge on any atom is -0.341 e. The normalized spacial score (nSPS) is 17.7. The molecule has 3 rings (SSSR count). The summed E-state index contributed by atoms with van der Waals surface area (Å²) < 4.78 is 13.0. The molecule has 4 heteroatoms. The van der Waals surface area contributed by atoms with Gasteiger partial charge in [-0.25, -0.2) is 4.39 Å². The molecule has 2 aromatic carbocycles. The van der Waals surface area contributed by atoms with E-state index in [9.17, 15) is 9.18 Å². The lowest BCUT2D eigenvalue weighted by Gasteiger charge is -2.26. The standard InChI is InChI=1S/C22H27FN2O/c1-16(2)25-13-12-21(15-25)24(3)22(26)14-17-4-6-18(7-5-17)19-8-10-20(23)11-9-19/h4-11,16,21H,12-15H2,1-3H3. The first-order valence-corrected chi connectivity index (χ1v) is 9.28. The number of likely N-dealkylation sites (N-methyl/N-ethyl adjacent to an activating group) is 1. The van der Waals surface area contributed by atoms with Gasteiger partial charge in [0.05, 0.1) is 6.42 Å². The highest BCUT2D eigenvalue weighted by molar-refractivity contribution is 5.79. The predicted molar refractivity (Wildman–Crippen MR) is 103 cm³/mol. The van der Waals surface area contributed by atoms with Gasteiger partial charge in [0, 0.05) is 32.2 Å². The van der Waals surface area contributed by atoms with Crippen molar-refractivity contribution in [3.63, 3.8) is 0 Å². The van der Waals surface area contributed by atoms with Crippen molar-refractivity contribution in [1.82, 2.24) is 9.80 Å². The molecule has 2 aromatic rings. The number of benzene rings is 2. The fraction of sp³-hybridized carbons (Fsp3) is 0.409. The topological polar surface area (TPSA) is 23.6 Å². The minimum atomic E-state index is -0.234. The Morgan fingerprint density at radius 3 is 2.23 bits per heavy atom. The summed E-state index contributed by atoms with van der Waals surface area (Å²) in [5.41, 5.74) is 3.01. The van der Waals surface area contributed by atoms with Crippen molar-refractivity contribution in [1.29, 1.82) is 0 Å². The number of hydrogen-bond donors (Lipinski definition) is 0. The molecule has 1 fully saturated rings. The van der Waals surface area contributed by atoms with Crippen LogP contribution in [0, 0.1) is 5.82 Å². The van der Waals surface area contributed by atoms with E-state index in [-0.39, 0.29) is 11.7 Å². The number of carbonyl (C=O) groups excluding carboxylic acids is 1. The van der Waals surface area contributed by atoms with Gasteiger partial charge in [-0.15, -0.1) is 0 Å². The average Bonchev–Trinajstić information content (AvgIpc) is 3.13. The molecule has 1 aliphatic heterocycles. The average molecular weight is 354 g/mol. The number of carbonyl (C=O) groups is 1. The van der Waals surface area contributed by atoms with Gasteiger partial charge in [0.1, 0.15) is 5.82 Å². The summed E-state index contributed by atoms with van der Waals surface area (Å²) in [5, 5.41) is 0. The van der Waals surface area contributed by atoms with Crippen LogP contribution in [-0.2, 0) is 11.2 Å². The van der Waals surface area contributed by atoms with Gasteiger partial charge in [-0.05, 0) is 49.1 Å². The lowest BCUT2D eigenvalue weighted by molar-refractivity contribution is -0.131. The van der Waals surface area contributed by atoms with Gasteiger partial charge in [-0.3, -0.25) is 9.69 Å². The summed E-state index contributed by atoms with van der Waals surface area (Å²) in [6.07, 6.45) is 1.46. The molecule has 1 amide bonds. The molecule has 0 aliphatic carbocycles. The Hall–Kier alpha value is -2.20. The third-order valence-electron chi connectivity index (χ3n) is 5.35. The second-order valence-corrected chi connectivity index (χ2v) is 7.42. The Morgan fingerprint density at radius 2 is 1.69 bits per heavy atom. The molecule has 0 saturated carbocycles. The molecule has 138 valence electrons. The van der Waals surface area contributed by atoms with E-state index >= 15 is 0 Å². The van der Waals surface area contributed by atoms with E-state index in [1.807, 2.05) is 36.2 Å². The van der Waals surface area contributed by atoms with Crippen molar-refractivity contribution in [3.05, 3.63) is 59.9 Å². The second kappa shape index (κ2) is 8.00. The molecule has 0 bridgehead atoms. The van der Waals surface area contributed by atoms with E-state index in [0.717, 1.165) is 36.2 Å². The van der Waals surface area contributed by atoms with Crippen molar-refractivity contribution >= 4 is 5.91 Å². The van der Waals surface area contributed by atoms with E-state index in [1.165, 1.54) is 12.1 Å². The summed E-state index contributed by atoms with van der Waals surface area (Å²) >= 11 is 0. The molecule has 1 unspecified atom stereocenters. The zero-order chi connectivity index (χ0) is 18.7. The van der Waals surface area contributed by atoms with Crippen LogP contribution in [0.25, 0.3) is 11.1 Å². The molecule has 0 radical (unpaired) electrons. The van der Waals surface area contributed by atoms with Crippen LogP contribution in [0.15, 0.2) is 48.5 Å². The molecule has 1 aliphatic rings. The molecule has 0 N–H and O–H groups in total. The predicted octanol–water partition coefficient (Wildman–Crippen LogP) is 3.98. The fourth-order valence-electron chi connectivity index (χ4n) is 3.51. The maximum Gasteiger partial charge on any atom is 0.227 e. The number of rotatable bonds is 5. The monoisotopic (exact) mass is 354 g/mol. The first-order valence-electron chi connectivity index (χ1n) is 9.28. The maximum atomic E-state index is 13.0. The van der Waals surface area contributed by atoms with Crippen LogP contribution >= 0.6 is 0 Å². The molecule has 0 spiro atoms. The van der Waals surface area contributed by atoms with E-state index in [2.05, 4.69) is 18.7 Å². The highest BCUT2D eigenvalue weighted by atomic mass is 19.1. The molecule has 26 heavy (non-hydrogen) atoms. The summed E-state index contributed by atoms with van der Waals surface area (Å²) in [7, 11) is 1.92. The molecule has 0 aromatic heterocycles. The van der Waals surface area contributed by atoms with E-state index < -0.39 is 0 Å². The van der Waals surface area contributed by atoms with Gasteiger partial charge in [0.2, 0.25) is 5.91 Å². The van der Waals surface area contributed by atoms with Gasteiger partial charge >= 0.3 is 0 Å². The highest BCUT2D eigenvalue weighted by Crippen LogP contribution is 2.21. The van der Waals surface area contributed by atoms with Crippen molar-refractivity contribution in [2.45, 2.75) is 38.8 Å². The summed E-state index contributed by atoms with van der Waals surface area (Å²) in [6.45, 7) is 6.43. The van der Waals surface area contributed by atoms with Gasteiger partial charge in [0.25, 0.3) is 0 Å². The number of amides is 1. The lowest BCUT2D eigenvalue weighted by Crippen LogP contribution is -2.40. The van der Waals surface area contributed by atoms with Gasteiger partial charge < -0.3 is 4.90 Å². The van der Waals surface area contributed by atoms with Crippen molar-refractivity contribution in [2.75, 3.05) is 20.1 Å². The Bertz CT molecular complexity index is 740. The lowest BCUT2D eigenvalue weighted by atomic mass is 10.0. The number of halogens is 1. The van der Waals surface area contributed by atoms with Crippen molar-refractivity contribution in [2.24, 2.45) is 0 Å². The molecule has 3 nitrogen and oxygen atoms in total. The SMILES string of the molecule is CC(C)N1CCC(N(C)C(=O)Cc2ccc(-c3ccc(F)cc3)cc2)C1. The zero-order valence-electron chi connectivity index (χ0n) is 15.8. The Kier molecular flexibility index (Phi) is 5.72. The van der Waals surface area contributed by atoms with Crippen LogP contribution in [0.4, 0.5) is 4.39 Å². The largest absolute Gasteiger partial charge is 0.341 e. The Balaban J connectivity index is 1.60. The number of hydrogen-bond acceptors (Lipinski definition) is 2. The van der Waals surface area contributed by atoms with Crippen LogP contribution in [0.5, 0.6) is 0 Å². The number of nitrogens with zero attached hydrogens (tertiary/aromatic N) is 2. The van der Waals surface area contributed by atoms with E-state index in [1.54, 1.807) is 12.1 Å². The third kappa shape index (κ3) is 4.31. The molecule has 1 heterocycles. The summed E-state index contributed by atoms with van der Waals surface area (Å²) in [5.74, 6) is -0.0721. The molecule has 1 atom stereocenters. The second-order valence-electron chi connectivity index (χ2n) is 7.42. The minimum absolute atomic E-state index is 0.162. The Morgan fingerprint density at radius 1 is 1.12 bits per heavy atom. The van der Waals surface area contributed by atoms with Crippen molar-refractivity contribution < 1.29 is 9.18 Å². The zero-order valence-corrected chi connectivity index (χ0v) is 15.8. The summed E-state index contributed by atoms with van der Waals surface area (Å²) in [4.78, 5) is 17.0. The van der Waals surface area contributed by atoms with Gasteiger partial charge in [-0.2, -0.15) is 0 Å². The van der Waals surface area contributed by atoms with Crippen LogP contribution in [-0.4, -0.2) is 47.9 Å². The highest BCUT2D eigenvalue weighted by Gasteiger charge is 2.29. The summed E-state index contributed by atoms with van der Waals surface area (Å²) in [6, 6.07) is 15.3. The Labute approximate surface area is 155 Å². The number of likely N-dealkylation sites (tertiary alicyclic amines) is 1. The molecular weight excluding hydrogens is 327 g/mol. The third-order valence-corrected chi connectivity index (χ3v) is 5.35. The van der Waals surface area contributed by atoms with Crippen LogP contribution in [0.3, 0.4) is 0 Å². The molecular formula is C22H27FN2O. The van der Waals surface area contributed by atoms with Crippen molar-refractivity contribution in [3.8, 4) is 11.1 Å². The van der Waals surface area contributed by atoms with E-state index in [0.29, 0.717) is 18.5 Å². The molecule has 1 saturated heterocycles. The fourth-order valence-corrected chi connectivity index (χ4v) is 3.51. The van der Waals surface area contributed by atoms with Gasteiger partial charge in [0.15, 0.2) is 0 Å². The van der Waals surface area contributed by atoms with Gasteiger partial charge in [-0.1, -0.05) is 36.4 Å². The quantitative estimate of drug-likeness (QED) is 0.811. The van der Waals surface area contributed by atoms with Crippen LogP contribution < -0.4 is 0 Å². The smallest absolute Gasteiger partial charge is 0.227 e.